The number of hydrogen-bond donors (Lipinski definition) is 1. The summed E-state index contributed by atoms with van der Waals surface area (Å²) in [5.74, 6) is 1.95. The number of ether oxygens (including phenoxy) is 2. The Morgan fingerprint density at radius 2 is 2.00 bits per heavy atom. The lowest BCUT2D eigenvalue weighted by molar-refractivity contribution is -0.233. The van der Waals surface area contributed by atoms with E-state index in [4.69, 9.17) is 9.47 Å². The maximum atomic E-state index is 9.81. The number of benzene rings is 1. The van der Waals surface area contributed by atoms with Crippen LogP contribution < -0.4 is 0 Å². The number of aromatic hydroxyl groups is 1. The lowest BCUT2D eigenvalue weighted by Gasteiger charge is -2.52. The van der Waals surface area contributed by atoms with Crippen LogP contribution in [0.25, 0.3) is 0 Å². The summed E-state index contributed by atoms with van der Waals surface area (Å²) in [6.07, 6.45) is 5.80. The SMILES string of the molecule is C[C@]12CC[C@@H]3c4ccc(O)cc4CC[C@@H]3[C@@H]1C[C@@H](Br)C21OCCO1. The van der Waals surface area contributed by atoms with Gasteiger partial charge in [-0.05, 0) is 73.1 Å². The molecule has 0 unspecified atom stereocenters. The van der Waals surface area contributed by atoms with E-state index in [-0.39, 0.29) is 5.41 Å². The Morgan fingerprint density at radius 1 is 1.21 bits per heavy atom. The van der Waals surface area contributed by atoms with Crippen LogP contribution in [0.2, 0.25) is 0 Å². The van der Waals surface area contributed by atoms with E-state index in [1.54, 1.807) is 0 Å². The quantitative estimate of drug-likeness (QED) is 0.666. The van der Waals surface area contributed by atoms with Crippen molar-refractivity contribution in [3.8, 4) is 5.75 Å². The van der Waals surface area contributed by atoms with E-state index < -0.39 is 5.79 Å². The monoisotopic (exact) mass is 392 g/mol. The van der Waals surface area contributed by atoms with Gasteiger partial charge >= 0.3 is 0 Å². The molecule has 0 radical (unpaired) electrons. The van der Waals surface area contributed by atoms with Crippen molar-refractivity contribution in [3.05, 3.63) is 29.3 Å². The normalized spacial score (nSPS) is 42.6. The van der Waals surface area contributed by atoms with Crippen LogP contribution in [0.3, 0.4) is 0 Å². The molecule has 5 atom stereocenters. The molecule has 0 bridgehead atoms. The summed E-state index contributed by atoms with van der Waals surface area (Å²) in [7, 11) is 0. The van der Waals surface area contributed by atoms with Crippen molar-refractivity contribution in [2.45, 2.75) is 55.6 Å². The fourth-order valence-corrected chi connectivity index (χ4v) is 7.62. The van der Waals surface area contributed by atoms with Crippen LogP contribution in [0.15, 0.2) is 18.2 Å². The minimum Gasteiger partial charge on any atom is -0.508 e. The molecule has 130 valence electrons. The molecule has 0 amide bonds. The fraction of sp³-hybridized carbons (Fsp3) is 0.700. The first-order valence-corrected chi connectivity index (χ1v) is 10.2. The van der Waals surface area contributed by atoms with Crippen molar-refractivity contribution in [2.75, 3.05) is 13.2 Å². The molecular weight excluding hydrogens is 368 g/mol. The van der Waals surface area contributed by atoms with Crippen LogP contribution in [0.5, 0.6) is 5.75 Å². The highest BCUT2D eigenvalue weighted by atomic mass is 79.9. The number of halogens is 1. The third-order valence-electron chi connectivity index (χ3n) is 7.49. The van der Waals surface area contributed by atoms with Gasteiger partial charge in [-0.1, -0.05) is 28.9 Å². The Kier molecular flexibility index (Phi) is 3.40. The van der Waals surface area contributed by atoms with Gasteiger partial charge < -0.3 is 14.6 Å². The second kappa shape index (κ2) is 5.21. The summed E-state index contributed by atoms with van der Waals surface area (Å²) < 4.78 is 12.5. The second-order valence-corrected chi connectivity index (χ2v) is 9.43. The average Bonchev–Trinajstić information content (AvgIpc) is 3.15. The maximum Gasteiger partial charge on any atom is 0.186 e. The molecule has 1 aromatic rings. The molecule has 1 aromatic carbocycles. The predicted molar refractivity (Wildman–Crippen MR) is 95.5 cm³/mol. The van der Waals surface area contributed by atoms with Crippen LogP contribution in [-0.4, -0.2) is 28.9 Å². The minimum absolute atomic E-state index is 0.104. The predicted octanol–water partition coefficient (Wildman–Crippen LogP) is 4.36. The van der Waals surface area contributed by atoms with Gasteiger partial charge in [-0.15, -0.1) is 0 Å². The Labute approximate surface area is 151 Å². The summed E-state index contributed by atoms with van der Waals surface area (Å²) in [6, 6.07) is 6.01. The van der Waals surface area contributed by atoms with Crippen molar-refractivity contribution in [1.82, 2.24) is 0 Å². The smallest absolute Gasteiger partial charge is 0.186 e. The van der Waals surface area contributed by atoms with Gasteiger partial charge in [-0.3, -0.25) is 0 Å². The molecule has 4 aliphatic rings. The molecule has 1 N–H and O–H groups in total. The molecule has 2 saturated carbocycles. The number of phenols is 1. The maximum absolute atomic E-state index is 9.81. The number of aryl methyl sites for hydroxylation is 1. The molecule has 1 aliphatic heterocycles. The van der Waals surface area contributed by atoms with Crippen LogP contribution in [0, 0.1) is 17.3 Å². The topological polar surface area (TPSA) is 38.7 Å². The van der Waals surface area contributed by atoms with E-state index in [2.05, 4.69) is 28.9 Å². The van der Waals surface area contributed by atoms with Crippen LogP contribution >= 0.6 is 15.9 Å². The summed E-state index contributed by atoms with van der Waals surface area (Å²) in [6.45, 7) is 3.86. The molecule has 3 fully saturated rings. The molecule has 5 rings (SSSR count). The zero-order chi connectivity index (χ0) is 16.5. The summed E-state index contributed by atoms with van der Waals surface area (Å²) in [5.41, 5.74) is 2.94. The van der Waals surface area contributed by atoms with E-state index in [1.807, 2.05) is 12.1 Å². The first-order chi connectivity index (χ1) is 11.6. The van der Waals surface area contributed by atoms with E-state index in [9.17, 15) is 5.11 Å². The molecule has 1 spiro atoms. The fourth-order valence-electron chi connectivity index (χ4n) is 6.43. The van der Waals surface area contributed by atoms with Crippen LogP contribution in [-0.2, 0) is 15.9 Å². The Bertz CT molecular complexity index is 669. The molecule has 4 heteroatoms. The van der Waals surface area contributed by atoms with E-state index in [0.717, 1.165) is 32.5 Å². The third-order valence-corrected chi connectivity index (χ3v) is 8.46. The molecule has 3 aliphatic carbocycles. The Morgan fingerprint density at radius 3 is 2.79 bits per heavy atom. The Hall–Kier alpha value is -0.580. The van der Waals surface area contributed by atoms with Crippen molar-refractivity contribution < 1.29 is 14.6 Å². The summed E-state index contributed by atoms with van der Waals surface area (Å²) in [4.78, 5) is 0.294. The minimum atomic E-state index is -0.419. The zero-order valence-electron chi connectivity index (χ0n) is 14.1. The molecule has 3 nitrogen and oxygen atoms in total. The average molecular weight is 393 g/mol. The van der Waals surface area contributed by atoms with Crippen molar-refractivity contribution >= 4 is 15.9 Å². The highest BCUT2D eigenvalue weighted by molar-refractivity contribution is 9.09. The zero-order valence-corrected chi connectivity index (χ0v) is 15.7. The summed E-state index contributed by atoms with van der Waals surface area (Å²) in [5, 5.41) is 9.81. The number of fused-ring (bicyclic) bond motifs is 6. The van der Waals surface area contributed by atoms with Gasteiger partial charge in [0, 0.05) is 5.41 Å². The Balaban J connectivity index is 1.53. The van der Waals surface area contributed by atoms with Crippen LogP contribution in [0.1, 0.15) is 49.7 Å². The second-order valence-electron chi connectivity index (χ2n) is 8.32. The van der Waals surface area contributed by atoms with E-state index >= 15 is 0 Å². The summed E-state index contributed by atoms with van der Waals surface area (Å²) >= 11 is 3.92. The molecule has 24 heavy (non-hydrogen) atoms. The van der Waals surface area contributed by atoms with Gasteiger partial charge in [0.15, 0.2) is 5.79 Å². The molecular formula is C20H25BrO3. The van der Waals surface area contributed by atoms with Gasteiger partial charge in [-0.2, -0.15) is 0 Å². The van der Waals surface area contributed by atoms with Gasteiger partial charge in [-0.25, -0.2) is 0 Å². The van der Waals surface area contributed by atoms with E-state index in [1.165, 1.54) is 24.0 Å². The van der Waals surface area contributed by atoms with Crippen molar-refractivity contribution in [1.29, 1.82) is 0 Å². The lowest BCUT2D eigenvalue weighted by Crippen LogP contribution is -2.53. The molecule has 1 heterocycles. The highest BCUT2D eigenvalue weighted by Crippen LogP contribution is 2.67. The number of rotatable bonds is 0. The van der Waals surface area contributed by atoms with Crippen molar-refractivity contribution in [2.24, 2.45) is 17.3 Å². The standard InChI is InChI=1S/C20H25BrO3/c1-19-7-6-15-14-5-3-13(22)10-12(14)2-4-16(15)17(19)11-18(21)20(19)23-8-9-24-20/h3,5,10,15-18,22H,2,4,6-9,11H2,1H3/t15-,16+,17+,18-,19+/m1/s1. The van der Waals surface area contributed by atoms with Gasteiger partial charge in [0.1, 0.15) is 5.75 Å². The third kappa shape index (κ3) is 1.85. The van der Waals surface area contributed by atoms with Gasteiger partial charge in [0.25, 0.3) is 0 Å². The molecule has 1 saturated heterocycles. The highest BCUT2D eigenvalue weighted by Gasteiger charge is 2.68. The number of alkyl halides is 1. The first-order valence-electron chi connectivity index (χ1n) is 9.29. The molecule has 0 aromatic heterocycles. The van der Waals surface area contributed by atoms with E-state index in [0.29, 0.717) is 28.3 Å². The largest absolute Gasteiger partial charge is 0.508 e. The first kappa shape index (κ1) is 15.7. The van der Waals surface area contributed by atoms with Gasteiger partial charge in [0.2, 0.25) is 0 Å². The lowest BCUT2D eigenvalue weighted by atomic mass is 9.55. The van der Waals surface area contributed by atoms with Crippen molar-refractivity contribution in [3.63, 3.8) is 0 Å². The number of phenolic OH excluding ortho intramolecular Hbond substituents is 1. The van der Waals surface area contributed by atoms with Crippen LogP contribution in [0.4, 0.5) is 0 Å². The van der Waals surface area contributed by atoms with Gasteiger partial charge in [0.05, 0.1) is 18.0 Å². The number of hydrogen-bond acceptors (Lipinski definition) is 3.